The maximum atomic E-state index is 12.4. The molecule has 0 amide bonds. The van der Waals surface area contributed by atoms with Gasteiger partial charge in [0.1, 0.15) is 12.4 Å². The molecule has 0 unspecified atom stereocenters. The molecule has 0 aromatic heterocycles. The monoisotopic (exact) mass is 193 g/mol. The van der Waals surface area contributed by atoms with E-state index < -0.39 is 12.2 Å². The summed E-state index contributed by atoms with van der Waals surface area (Å²) in [6.45, 7) is 0.448. The zero-order valence-corrected chi connectivity index (χ0v) is 6.31. The van der Waals surface area contributed by atoms with Gasteiger partial charge in [-0.25, -0.2) is 4.39 Å². The van der Waals surface area contributed by atoms with Gasteiger partial charge in [-0.2, -0.15) is 0 Å². The molecule has 1 radical (unpaired) electrons. The second-order valence-electron chi connectivity index (χ2n) is 2.24. The molecular formula is C8H5F4O. The first kappa shape index (κ1) is 9.98. The van der Waals surface area contributed by atoms with Gasteiger partial charge in [-0.15, -0.1) is 13.2 Å². The average Bonchev–Trinajstić information content (AvgIpc) is 2.00. The largest absolute Gasteiger partial charge is 0.523 e. The summed E-state index contributed by atoms with van der Waals surface area (Å²) in [7, 11) is 0. The maximum Gasteiger partial charge on any atom is 0.523 e. The zero-order chi connectivity index (χ0) is 9.90. The van der Waals surface area contributed by atoms with Gasteiger partial charge in [-0.1, -0.05) is 12.1 Å². The Balaban J connectivity index is 2.55. The highest BCUT2D eigenvalue weighted by molar-refractivity contribution is 5.21. The van der Waals surface area contributed by atoms with E-state index in [0.29, 0.717) is 6.61 Å². The molecule has 13 heavy (non-hydrogen) atoms. The summed E-state index contributed by atoms with van der Waals surface area (Å²) in [5.41, 5.74) is 0.0253. The second-order valence-corrected chi connectivity index (χ2v) is 2.24. The number of ether oxygens (including phenoxy) is 1. The van der Waals surface area contributed by atoms with Crippen LogP contribution in [-0.2, 0) is 4.74 Å². The van der Waals surface area contributed by atoms with Crippen molar-refractivity contribution in [2.24, 2.45) is 0 Å². The summed E-state index contributed by atoms with van der Waals surface area (Å²) in [6.07, 6.45) is -4.73. The van der Waals surface area contributed by atoms with E-state index >= 15 is 0 Å². The molecule has 1 nitrogen and oxygen atoms in total. The van der Waals surface area contributed by atoms with Crippen LogP contribution in [0.15, 0.2) is 24.3 Å². The molecule has 0 fully saturated rings. The van der Waals surface area contributed by atoms with Crippen LogP contribution in [0.4, 0.5) is 17.6 Å². The molecule has 1 aromatic rings. The lowest BCUT2D eigenvalue weighted by Gasteiger charge is -2.05. The van der Waals surface area contributed by atoms with E-state index in [1.54, 1.807) is 0 Å². The molecule has 0 heterocycles. The smallest absolute Gasteiger partial charge is 0.281 e. The number of halogens is 4. The molecule has 1 rings (SSSR count). The first-order valence-electron chi connectivity index (χ1n) is 3.31. The lowest BCUT2D eigenvalue weighted by Crippen LogP contribution is -2.11. The van der Waals surface area contributed by atoms with E-state index in [1.165, 1.54) is 12.1 Å². The normalized spacial score (nSPS) is 11.7. The van der Waals surface area contributed by atoms with Crippen molar-refractivity contribution in [3.8, 4) is 0 Å². The molecule has 71 valence electrons. The van der Waals surface area contributed by atoms with E-state index in [2.05, 4.69) is 4.74 Å². The van der Waals surface area contributed by atoms with Gasteiger partial charge in [0, 0.05) is 0 Å². The molecule has 0 bridgehead atoms. The Bertz CT molecular complexity index is 282. The van der Waals surface area contributed by atoms with Gasteiger partial charge >= 0.3 is 6.36 Å². The van der Waals surface area contributed by atoms with E-state index in [0.717, 1.165) is 12.1 Å². The summed E-state index contributed by atoms with van der Waals surface area (Å²) in [5, 5.41) is 0. The number of alkyl halides is 3. The SMILES string of the molecule is Fc1cccc([CH]OC(F)(F)F)c1. The van der Waals surface area contributed by atoms with E-state index in [1.807, 2.05) is 0 Å². The molecule has 0 saturated carbocycles. The van der Waals surface area contributed by atoms with E-state index in [-0.39, 0.29) is 5.56 Å². The fourth-order valence-corrected chi connectivity index (χ4v) is 0.715. The standard InChI is InChI=1S/C8H5F4O/c9-7-3-1-2-6(4-7)5-13-8(10,11)12/h1-5H. The number of rotatable bonds is 2. The predicted octanol–water partition coefficient (Wildman–Crippen LogP) is 2.87. The summed E-state index contributed by atoms with van der Waals surface area (Å²) >= 11 is 0. The number of hydrogen-bond acceptors (Lipinski definition) is 1. The van der Waals surface area contributed by atoms with Crippen molar-refractivity contribution < 1.29 is 22.3 Å². The van der Waals surface area contributed by atoms with E-state index in [4.69, 9.17) is 0 Å². The van der Waals surface area contributed by atoms with Gasteiger partial charge < -0.3 is 0 Å². The van der Waals surface area contributed by atoms with Crippen molar-refractivity contribution in [1.82, 2.24) is 0 Å². The minimum Gasteiger partial charge on any atom is -0.281 e. The van der Waals surface area contributed by atoms with Crippen LogP contribution in [-0.4, -0.2) is 6.36 Å². The topological polar surface area (TPSA) is 9.23 Å². The van der Waals surface area contributed by atoms with Gasteiger partial charge in [0.25, 0.3) is 0 Å². The Hall–Kier alpha value is -1.10. The molecule has 0 aliphatic carbocycles. The maximum absolute atomic E-state index is 12.4. The highest BCUT2D eigenvalue weighted by atomic mass is 19.4. The van der Waals surface area contributed by atoms with E-state index in [9.17, 15) is 17.6 Å². The third-order valence-corrected chi connectivity index (χ3v) is 1.18. The molecule has 1 aromatic carbocycles. The molecule has 0 spiro atoms. The van der Waals surface area contributed by atoms with Crippen LogP contribution in [0.5, 0.6) is 0 Å². The van der Waals surface area contributed by atoms with Crippen molar-refractivity contribution in [3.05, 3.63) is 42.3 Å². The van der Waals surface area contributed by atoms with Crippen LogP contribution in [0.3, 0.4) is 0 Å². The van der Waals surface area contributed by atoms with Crippen molar-refractivity contribution in [1.29, 1.82) is 0 Å². The van der Waals surface area contributed by atoms with Crippen molar-refractivity contribution >= 4 is 0 Å². The van der Waals surface area contributed by atoms with Crippen LogP contribution in [0.1, 0.15) is 5.56 Å². The molecule has 5 heteroatoms. The molecule has 0 N–H and O–H groups in total. The Morgan fingerprint density at radius 3 is 2.46 bits per heavy atom. The Labute approximate surface area is 71.9 Å². The first-order valence-corrected chi connectivity index (χ1v) is 3.31. The minimum absolute atomic E-state index is 0.0253. The van der Waals surface area contributed by atoms with Gasteiger partial charge in [-0.3, -0.25) is 4.74 Å². The number of hydrogen-bond donors (Lipinski definition) is 0. The van der Waals surface area contributed by atoms with Crippen LogP contribution in [0.2, 0.25) is 0 Å². The van der Waals surface area contributed by atoms with Crippen molar-refractivity contribution in [2.75, 3.05) is 0 Å². The Kier molecular flexibility index (Phi) is 2.87. The molecular weight excluding hydrogens is 188 g/mol. The fraction of sp³-hybridized carbons (Fsp3) is 0.125. The van der Waals surface area contributed by atoms with Gasteiger partial charge in [0.05, 0.1) is 0 Å². The van der Waals surface area contributed by atoms with Crippen LogP contribution in [0, 0.1) is 12.4 Å². The summed E-state index contributed by atoms with van der Waals surface area (Å²) < 4.78 is 50.3. The minimum atomic E-state index is -4.73. The van der Waals surface area contributed by atoms with Crippen LogP contribution < -0.4 is 0 Å². The van der Waals surface area contributed by atoms with Crippen molar-refractivity contribution in [3.63, 3.8) is 0 Å². The Morgan fingerprint density at radius 2 is 1.92 bits per heavy atom. The molecule has 0 aliphatic rings. The van der Waals surface area contributed by atoms with Gasteiger partial charge in [0.15, 0.2) is 0 Å². The quantitative estimate of drug-likeness (QED) is 0.656. The summed E-state index contributed by atoms with van der Waals surface area (Å²) in [5.74, 6) is -0.612. The first-order chi connectivity index (χ1) is 5.97. The summed E-state index contributed by atoms with van der Waals surface area (Å²) in [6, 6.07) is 4.66. The second kappa shape index (κ2) is 3.74. The fourth-order valence-electron chi connectivity index (χ4n) is 0.715. The molecule has 0 saturated heterocycles. The summed E-state index contributed by atoms with van der Waals surface area (Å²) in [4.78, 5) is 0. The molecule has 0 aliphatic heterocycles. The third-order valence-electron chi connectivity index (χ3n) is 1.18. The lowest BCUT2D eigenvalue weighted by atomic mass is 10.2. The van der Waals surface area contributed by atoms with Gasteiger partial charge in [0.2, 0.25) is 0 Å². The highest BCUT2D eigenvalue weighted by Gasteiger charge is 2.29. The Morgan fingerprint density at radius 1 is 1.23 bits per heavy atom. The van der Waals surface area contributed by atoms with Crippen LogP contribution >= 0.6 is 0 Å². The molecule has 0 atom stereocenters. The highest BCUT2D eigenvalue weighted by Crippen LogP contribution is 2.19. The van der Waals surface area contributed by atoms with Crippen molar-refractivity contribution in [2.45, 2.75) is 6.36 Å². The van der Waals surface area contributed by atoms with Gasteiger partial charge in [-0.05, 0) is 17.7 Å². The number of benzene rings is 1. The average molecular weight is 193 g/mol. The van der Waals surface area contributed by atoms with Crippen LogP contribution in [0.25, 0.3) is 0 Å². The lowest BCUT2D eigenvalue weighted by molar-refractivity contribution is -0.306. The zero-order valence-electron chi connectivity index (χ0n) is 6.31. The predicted molar refractivity (Wildman–Crippen MR) is 36.9 cm³/mol. The third kappa shape index (κ3) is 3.89.